The molecular weight excluding hydrogens is 413 g/mol. The van der Waals surface area contributed by atoms with Crippen LogP contribution < -0.4 is 10.1 Å². The van der Waals surface area contributed by atoms with Crippen LogP contribution in [-0.4, -0.2) is 41.3 Å². The maximum absolute atomic E-state index is 13.8. The maximum atomic E-state index is 13.8. The van der Waals surface area contributed by atoms with Crippen LogP contribution >= 0.6 is 0 Å². The summed E-state index contributed by atoms with van der Waals surface area (Å²) in [5.74, 6) is -3.42. The number of hydrogen-bond donors (Lipinski definition) is 1. The second-order valence-corrected chi connectivity index (χ2v) is 6.65. The summed E-state index contributed by atoms with van der Waals surface area (Å²) < 4.78 is 73.9. The lowest BCUT2D eigenvalue weighted by Crippen LogP contribution is -2.32. The average Bonchev–Trinajstić information content (AvgIpc) is 3.31. The highest BCUT2D eigenvalue weighted by Crippen LogP contribution is 2.29. The quantitative estimate of drug-likeness (QED) is 0.628. The van der Waals surface area contributed by atoms with Gasteiger partial charge < -0.3 is 19.4 Å². The fourth-order valence-electron chi connectivity index (χ4n) is 3.26. The number of anilines is 1. The van der Waals surface area contributed by atoms with Crippen molar-refractivity contribution in [3.8, 4) is 5.75 Å². The number of benzene rings is 2. The molecule has 11 heteroatoms. The minimum absolute atomic E-state index is 0.0467. The van der Waals surface area contributed by atoms with Crippen molar-refractivity contribution in [3.05, 3.63) is 53.6 Å². The normalized spacial score (nSPS) is 16.8. The lowest BCUT2D eigenvalue weighted by Gasteiger charge is -2.19. The summed E-state index contributed by atoms with van der Waals surface area (Å²) in [6.07, 6.45) is -4.48. The number of para-hydroxylation sites is 1. The predicted octanol–water partition coefficient (Wildman–Crippen LogP) is 4.33. The highest BCUT2D eigenvalue weighted by Gasteiger charge is 2.35. The molecular formula is C19H14F5N3O3. The van der Waals surface area contributed by atoms with Crippen molar-refractivity contribution in [2.45, 2.75) is 18.8 Å². The molecule has 6 nitrogen and oxygen atoms in total. The van der Waals surface area contributed by atoms with Gasteiger partial charge in [-0.1, -0.05) is 12.1 Å². The Balaban J connectivity index is 1.46. The second kappa shape index (κ2) is 7.47. The van der Waals surface area contributed by atoms with Crippen LogP contribution in [0.1, 0.15) is 16.8 Å². The van der Waals surface area contributed by atoms with E-state index >= 15 is 0 Å². The van der Waals surface area contributed by atoms with Crippen LogP contribution in [0.15, 0.2) is 40.8 Å². The first-order valence-corrected chi connectivity index (χ1v) is 8.86. The summed E-state index contributed by atoms with van der Waals surface area (Å²) in [6, 6.07) is 6.90. The van der Waals surface area contributed by atoms with E-state index in [0.29, 0.717) is 6.42 Å². The Hall–Kier alpha value is -3.37. The summed E-state index contributed by atoms with van der Waals surface area (Å²) in [7, 11) is 0. The number of oxazole rings is 1. The summed E-state index contributed by atoms with van der Waals surface area (Å²) in [5, 5.41) is 2.89. The van der Waals surface area contributed by atoms with E-state index in [2.05, 4.69) is 15.0 Å². The van der Waals surface area contributed by atoms with Crippen molar-refractivity contribution >= 4 is 23.0 Å². The first-order valence-electron chi connectivity index (χ1n) is 8.86. The number of carbonyl (C=O) groups excluding carboxylic acids is 1. The molecule has 3 aromatic rings. The lowest BCUT2D eigenvalue weighted by molar-refractivity contribution is -0.274. The Morgan fingerprint density at radius 1 is 1.20 bits per heavy atom. The predicted molar refractivity (Wildman–Crippen MR) is 95.0 cm³/mol. The third kappa shape index (κ3) is 4.00. The Kier molecular flexibility index (Phi) is 4.96. The number of fused-ring (bicyclic) bond motifs is 1. The van der Waals surface area contributed by atoms with Gasteiger partial charge in [-0.25, -0.2) is 4.39 Å². The molecule has 1 aromatic heterocycles. The minimum Gasteiger partial charge on any atom is -0.420 e. The van der Waals surface area contributed by atoms with Crippen LogP contribution in [0.3, 0.4) is 0 Å². The van der Waals surface area contributed by atoms with Crippen molar-refractivity contribution in [1.29, 1.82) is 0 Å². The van der Waals surface area contributed by atoms with E-state index in [9.17, 15) is 26.7 Å². The van der Waals surface area contributed by atoms with Crippen LogP contribution in [-0.2, 0) is 0 Å². The van der Waals surface area contributed by atoms with Gasteiger partial charge in [-0.2, -0.15) is 9.37 Å². The van der Waals surface area contributed by atoms with Gasteiger partial charge in [0.25, 0.3) is 11.9 Å². The first kappa shape index (κ1) is 19.9. The van der Waals surface area contributed by atoms with Crippen LogP contribution in [0.25, 0.3) is 11.1 Å². The molecule has 0 aliphatic carbocycles. The Morgan fingerprint density at radius 3 is 2.73 bits per heavy atom. The molecule has 1 atom stereocenters. The summed E-state index contributed by atoms with van der Waals surface area (Å²) in [4.78, 5) is 18.1. The van der Waals surface area contributed by atoms with Crippen LogP contribution in [0.4, 0.5) is 28.0 Å². The van der Waals surface area contributed by atoms with Crippen LogP contribution in [0.2, 0.25) is 0 Å². The zero-order chi connectivity index (χ0) is 21.5. The van der Waals surface area contributed by atoms with Gasteiger partial charge >= 0.3 is 6.36 Å². The van der Waals surface area contributed by atoms with Gasteiger partial charge in [0.1, 0.15) is 11.3 Å². The van der Waals surface area contributed by atoms with E-state index in [1.54, 1.807) is 0 Å². The lowest BCUT2D eigenvalue weighted by atomic mass is 10.2. The number of halogens is 5. The molecule has 0 spiro atoms. The third-order valence-electron chi connectivity index (χ3n) is 4.60. The van der Waals surface area contributed by atoms with Gasteiger partial charge in [0, 0.05) is 19.1 Å². The molecule has 4 rings (SSSR count). The van der Waals surface area contributed by atoms with Gasteiger partial charge in [0.15, 0.2) is 11.4 Å². The molecule has 1 amide bonds. The molecule has 1 fully saturated rings. The van der Waals surface area contributed by atoms with Gasteiger partial charge in [0.2, 0.25) is 5.82 Å². The third-order valence-corrected chi connectivity index (χ3v) is 4.60. The summed E-state index contributed by atoms with van der Waals surface area (Å²) in [5.41, 5.74) is -0.419. The topological polar surface area (TPSA) is 67.6 Å². The van der Waals surface area contributed by atoms with Gasteiger partial charge in [-0.15, -0.1) is 13.2 Å². The molecule has 2 aromatic carbocycles. The number of rotatable bonds is 4. The van der Waals surface area contributed by atoms with E-state index in [4.69, 9.17) is 4.42 Å². The van der Waals surface area contributed by atoms with Crippen molar-refractivity contribution in [2.75, 3.05) is 18.4 Å². The fraction of sp³-hybridized carbons (Fsp3) is 0.263. The van der Waals surface area contributed by atoms with Gasteiger partial charge in [-0.05, 0) is 30.7 Å². The first-order chi connectivity index (χ1) is 14.2. The number of nitrogens with zero attached hydrogens (tertiary/aromatic N) is 2. The molecule has 1 saturated heterocycles. The van der Waals surface area contributed by atoms with Gasteiger partial charge in [0.05, 0.1) is 5.56 Å². The van der Waals surface area contributed by atoms with Crippen molar-refractivity contribution in [3.63, 3.8) is 0 Å². The number of hydrogen-bond acceptors (Lipinski definition) is 5. The zero-order valence-corrected chi connectivity index (χ0v) is 15.2. The smallest absolute Gasteiger partial charge is 0.420 e. The molecule has 0 saturated carbocycles. The van der Waals surface area contributed by atoms with Crippen molar-refractivity contribution < 1.29 is 35.9 Å². The van der Waals surface area contributed by atoms with E-state index in [1.807, 2.05) is 0 Å². The molecule has 1 N–H and O–H groups in total. The van der Waals surface area contributed by atoms with E-state index in [1.165, 1.54) is 29.2 Å². The fourth-order valence-corrected chi connectivity index (χ4v) is 3.26. The molecule has 1 aliphatic heterocycles. The number of aromatic nitrogens is 1. The highest BCUT2D eigenvalue weighted by molar-refractivity contribution is 5.97. The van der Waals surface area contributed by atoms with E-state index in [-0.39, 0.29) is 41.8 Å². The van der Waals surface area contributed by atoms with Crippen molar-refractivity contribution in [1.82, 2.24) is 9.88 Å². The molecule has 0 unspecified atom stereocenters. The van der Waals surface area contributed by atoms with Crippen LogP contribution in [0.5, 0.6) is 5.75 Å². The number of carbonyl (C=O) groups is 1. The highest BCUT2D eigenvalue weighted by atomic mass is 19.4. The SMILES string of the molecule is O=C(c1ccccc1OC(F)(F)F)N1CC[C@@H](Nc2nc3ccc(F)c(F)c3o2)C1. The minimum atomic E-state index is -4.92. The molecule has 158 valence electrons. The molecule has 0 bridgehead atoms. The average molecular weight is 427 g/mol. The number of alkyl halides is 3. The second-order valence-electron chi connectivity index (χ2n) is 6.65. The molecule has 1 aliphatic rings. The van der Waals surface area contributed by atoms with Crippen molar-refractivity contribution in [2.24, 2.45) is 0 Å². The maximum Gasteiger partial charge on any atom is 0.573 e. The number of amides is 1. The largest absolute Gasteiger partial charge is 0.573 e. The Morgan fingerprint density at radius 2 is 1.97 bits per heavy atom. The number of likely N-dealkylation sites (tertiary alicyclic amines) is 1. The Labute approximate surface area is 166 Å². The molecule has 30 heavy (non-hydrogen) atoms. The molecule has 0 radical (unpaired) electrons. The summed E-state index contributed by atoms with van der Waals surface area (Å²) >= 11 is 0. The number of nitrogens with one attached hydrogen (secondary N) is 1. The van der Waals surface area contributed by atoms with Crippen LogP contribution in [0, 0.1) is 11.6 Å². The molecule has 2 heterocycles. The number of ether oxygens (including phenoxy) is 1. The monoisotopic (exact) mass is 427 g/mol. The Bertz CT molecular complexity index is 1100. The van der Waals surface area contributed by atoms with Gasteiger partial charge in [-0.3, -0.25) is 4.79 Å². The standard InChI is InChI=1S/C19H14F5N3O3/c20-12-5-6-13-16(15(12)21)29-18(26-13)25-10-7-8-27(9-10)17(28)11-3-1-2-4-14(11)30-19(22,23)24/h1-6,10H,7-9H2,(H,25,26)/t10-/m1/s1. The zero-order valence-electron chi connectivity index (χ0n) is 15.2. The summed E-state index contributed by atoms with van der Waals surface area (Å²) in [6.45, 7) is 0.412. The van der Waals surface area contributed by atoms with E-state index < -0.39 is 29.7 Å². The van der Waals surface area contributed by atoms with E-state index in [0.717, 1.165) is 12.1 Å².